The van der Waals surface area contributed by atoms with E-state index in [2.05, 4.69) is 9.71 Å². The monoisotopic (exact) mass is 374 g/mol. The summed E-state index contributed by atoms with van der Waals surface area (Å²) in [6, 6.07) is 12.5. The lowest BCUT2D eigenvalue weighted by molar-refractivity contribution is 0.538. The number of oxazole rings is 1. The Kier molecular flexibility index (Phi) is 5.20. The van der Waals surface area contributed by atoms with Crippen molar-refractivity contribution in [3.05, 3.63) is 71.4 Å². The molecule has 1 aromatic heterocycles. The number of hydrogen-bond donors (Lipinski definition) is 1. The molecule has 0 aliphatic carbocycles. The van der Waals surface area contributed by atoms with Crippen LogP contribution >= 0.6 is 0 Å². The highest BCUT2D eigenvalue weighted by Gasteiger charge is 2.15. The molecule has 26 heavy (non-hydrogen) atoms. The number of aromatic nitrogens is 1. The summed E-state index contributed by atoms with van der Waals surface area (Å²) in [5.74, 6) is 0.667. The van der Waals surface area contributed by atoms with Crippen LogP contribution in [0.4, 0.5) is 4.39 Å². The van der Waals surface area contributed by atoms with Crippen LogP contribution in [0.15, 0.2) is 57.8 Å². The molecule has 0 aliphatic rings. The van der Waals surface area contributed by atoms with Gasteiger partial charge in [-0.2, -0.15) is 0 Å². The first-order valence-electron chi connectivity index (χ1n) is 8.14. The molecule has 136 valence electrons. The molecule has 1 heterocycles. The van der Waals surface area contributed by atoms with E-state index in [-0.39, 0.29) is 17.3 Å². The number of benzene rings is 2. The molecule has 0 aliphatic heterocycles. The van der Waals surface area contributed by atoms with E-state index in [1.165, 1.54) is 12.1 Å². The van der Waals surface area contributed by atoms with Crippen molar-refractivity contribution in [3.8, 4) is 11.5 Å². The molecule has 7 heteroatoms. The molecule has 0 fully saturated rings. The zero-order chi connectivity index (χ0) is 18.7. The van der Waals surface area contributed by atoms with Gasteiger partial charge < -0.3 is 4.42 Å². The summed E-state index contributed by atoms with van der Waals surface area (Å²) in [6.07, 6.45) is 0.390. The normalized spacial score (nSPS) is 11.7. The lowest BCUT2D eigenvalue weighted by Crippen LogP contribution is -2.26. The fourth-order valence-electron chi connectivity index (χ4n) is 2.48. The van der Waals surface area contributed by atoms with Gasteiger partial charge in [-0.25, -0.2) is 22.5 Å². The van der Waals surface area contributed by atoms with Gasteiger partial charge in [-0.05, 0) is 50.2 Å². The van der Waals surface area contributed by atoms with E-state index in [1.807, 2.05) is 6.92 Å². The van der Waals surface area contributed by atoms with Crippen molar-refractivity contribution in [2.45, 2.75) is 25.2 Å². The first-order chi connectivity index (χ1) is 12.3. The van der Waals surface area contributed by atoms with Gasteiger partial charge in [-0.1, -0.05) is 17.7 Å². The van der Waals surface area contributed by atoms with Crippen molar-refractivity contribution in [1.29, 1.82) is 0 Å². The standard InChI is InChI=1S/C19H19FN2O3S/c1-13-3-9-17(10-4-13)26(23,24)21-12-11-18-14(2)25-19(22-18)15-5-7-16(20)8-6-15/h3-10,21H,11-12H2,1-2H3. The highest BCUT2D eigenvalue weighted by molar-refractivity contribution is 7.89. The summed E-state index contributed by atoms with van der Waals surface area (Å²) in [4.78, 5) is 4.62. The minimum atomic E-state index is -3.56. The summed E-state index contributed by atoms with van der Waals surface area (Å²) >= 11 is 0. The molecule has 5 nitrogen and oxygen atoms in total. The average molecular weight is 374 g/mol. The molecular weight excluding hydrogens is 355 g/mol. The van der Waals surface area contributed by atoms with Crippen LogP contribution in [0.3, 0.4) is 0 Å². The summed E-state index contributed by atoms with van der Waals surface area (Å²) in [6.45, 7) is 3.87. The Morgan fingerprint density at radius 3 is 2.35 bits per heavy atom. The maximum absolute atomic E-state index is 13.0. The summed E-state index contributed by atoms with van der Waals surface area (Å²) in [5.41, 5.74) is 2.33. The maximum atomic E-state index is 13.0. The number of halogens is 1. The Balaban J connectivity index is 1.66. The van der Waals surface area contributed by atoms with E-state index in [0.717, 1.165) is 5.56 Å². The van der Waals surface area contributed by atoms with Crippen LogP contribution in [-0.4, -0.2) is 19.9 Å². The summed E-state index contributed by atoms with van der Waals surface area (Å²) in [7, 11) is -3.56. The molecule has 3 rings (SSSR count). The molecule has 0 bridgehead atoms. The zero-order valence-corrected chi connectivity index (χ0v) is 15.3. The number of nitrogens with one attached hydrogen (secondary N) is 1. The molecular formula is C19H19FN2O3S. The number of aryl methyl sites for hydroxylation is 2. The van der Waals surface area contributed by atoms with Gasteiger partial charge in [0.1, 0.15) is 11.6 Å². The van der Waals surface area contributed by atoms with E-state index >= 15 is 0 Å². The second kappa shape index (κ2) is 7.39. The van der Waals surface area contributed by atoms with Gasteiger partial charge in [0.05, 0.1) is 10.6 Å². The van der Waals surface area contributed by atoms with Crippen LogP contribution in [0.1, 0.15) is 17.0 Å². The van der Waals surface area contributed by atoms with Crippen molar-refractivity contribution in [2.75, 3.05) is 6.54 Å². The summed E-state index contributed by atoms with van der Waals surface area (Å²) in [5, 5.41) is 0. The number of hydrogen-bond acceptors (Lipinski definition) is 4. The number of nitrogens with zero attached hydrogens (tertiary/aromatic N) is 1. The molecule has 0 radical (unpaired) electrons. The van der Waals surface area contributed by atoms with Crippen LogP contribution in [0.25, 0.3) is 11.5 Å². The highest BCUT2D eigenvalue weighted by Crippen LogP contribution is 2.22. The predicted molar refractivity (Wildman–Crippen MR) is 96.7 cm³/mol. The maximum Gasteiger partial charge on any atom is 0.240 e. The first-order valence-corrected chi connectivity index (χ1v) is 9.62. The van der Waals surface area contributed by atoms with E-state index in [1.54, 1.807) is 43.3 Å². The average Bonchev–Trinajstić information content (AvgIpc) is 2.97. The molecule has 1 N–H and O–H groups in total. The van der Waals surface area contributed by atoms with Gasteiger partial charge in [-0.15, -0.1) is 0 Å². The third-order valence-electron chi connectivity index (χ3n) is 3.97. The topological polar surface area (TPSA) is 72.2 Å². The number of rotatable bonds is 6. The zero-order valence-electron chi connectivity index (χ0n) is 14.5. The molecule has 0 spiro atoms. The van der Waals surface area contributed by atoms with Crippen molar-refractivity contribution in [1.82, 2.24) is 9.71 Å². The van der Waals surface area contributed by atoms with Crippen molar-refractivity contribution < 1.29 is 17.2 Å². The van der Waals surface area contributed by atoms with E-state index in [4.69, 9.17) is 4.42 Å². The van der Waals surface area contributed by atoms with E-state index < -0.39 is 10.0 Å². The van der Waals surface area contributed by atoms with Crippen LogP contribution in [-0.2, 0) is 16.4 Å². The Morgan fingerprint density at radius 1 is 1.04 bits per heavy atom. The fourth-order valence-corrected chi connectivity index (χ4v) is 3.51. The number of sulfonamides is 1. The molecule has 0 unspecified atom stereocenters. The van der Waals surface area contributed by atoms with Gasteiger partial charge in [-0.3, -0.25) is 0 Å². The minimum absolute atomic E-state index is 0.201. The van der Waals surface area contributed by atoms with Gasteiger partial charge in [0, 0.05) is 18.5 Å². The van der Waals surface area contributed by atoms with Gasteiger partial charge >= 0.3 is 0 Å². The first kappa shape index (κ1) is 18.3. The van der Waals surface area contributed by atoms with Crippen LogP contribution in [0, 0.1) is 19.7 Å². The second-order valence-electron chi connectivity index (χ2n) is 5.99. The molecule has 2 aromatic carbocycles. The van der Waals surface area contributed by atoms with Gasteiger partial charge in [0.15, 0.2) is 0 Å². The van der Waals surface area contributed by atoms with Gasteiger partial charge in [0.25, 0.3) is 0 Å². The largest absolute Gasteiger partial charge is 0.441 e. The Morgan fingerprint density at radius 2 is 1.69 bits per heavy atom. The molecule has 0 saturated heterocycles. The SMILES string of the molecule is Cc1ccc(S(=O)(=O)NCCc2nc(-c3ccc(F)cc3)oc2C)cc1. The van der Waals surface area contributed by atoms with Crippen molar-refractivity contribution >= 4 is 10.0 Å². The predicted octanol–water partition coefficient (Wildman–Crippen LogP) is 3.62. The minimum Gasteiger partial charge on any atom is -0.441 e. The molecule has 0 amide bonds. The third-order valence-corrected chi connectivity index (χ3v) is 5.45. The van der Waals surface area contributed by atoms with E-state index in [0.29, 0.717) is 29.3 Å². The van der Waals surface area contributed by atoms with E-state index in [9.17, 15) is 12.8 Å². The highest BCUT2D eigenvalue weighted by atomic mass is 32.2. The van der Waals surface area contributed by atoms with Gasteiger partial charge in [0.2, 0.25) is 15.9 Å². The Hall–Kier alpha value is -2.51. The van der Waals surface area contributed by atoms with Crippen LogP contribution < -0.4 is 4.72 Å². The fraction of sp³-hybridized carbons (Fsp3) is 0.211. The van der Waals surface area contributed by atoms with Crippen molar-refractivity contribution in [2.24, 2.45) is 0 Å². The molecule has 3 aromatic rings. The molecule has 0 saturated carbocycles. The van der Waals surface area contributed by atoms with Crippen LogP contribution in [0.5, 0.6) is 0 Å². The third kappa shape index (κ3) is 4.17. The lowest BCUT2D eigenvalue weighted by atomic mass is 10.2. The quantitative estimate of drug-likeness (QED) is 0.715. The summed E-state index contributed by atoms with van der Waals surface area (Å²) < 4.78 is 45.8. The van der Waals surface area contributed by atoms with Crippen molar-refractivity contribution in [3.63, 3.8) is 0 Å². The van der Waals surface area contributed by atoms with Crippen LogP contribution in [0.2, 0.25) is 0 Å². The molecule has 0 atom stereocenters. The lowest BCUT2D eigenvalue weighted by Gasteiger charge is -2.06. The second-order valence-corrected chi connectivity index (χ2v) is 7.76. The smallest absolute Gasteiger partial charge is 0.240 e. The Labute approximate surface area is 151 Å². The Bertz CT molecular complexity index is 994.